The van der Waals surface area contributed by atoms with Crippen LogP contribution >= 0.6 is 0 Å². The van der Waals surface area contributed by atoms with E-state index in [4.69, 9.17) is 14.5 Å². The molecule has 3 rings (SSSR count). The summed E-state index contributed by atoms with van der Waals surface area (Å²) >= 11 is -2.96. The Balaban J connectivity index is 1.96. The number of carbonyl (C=O) groups is 2. The van der Waals surface area contributed by atoms with Gasteiger partial charge in [-0.15, -0.1) is 0 Å². The molecule has 0 atom stereocenters. The Bertz CT molecular complexity index is 722. The molecule has 38 heavy (non-hydrogen) atoms. The van der Waals surface area contributed by atoms with Crippen LogP contribution in [-0.4, -0.2) is 52.3 Å². The Morgan fingerprint density at radius 2 is 0.947 bits per heavy atom. The first kappa shape index (κ1) is 31.5. The van der Waals surface area contributed by atoms with Crippen LogP contribution in [0, 0.1) is 0 Å². The van der Waals surface area contributed by atoms with E-state index in [0.29, 0.717) is 0 Å². The molecule has 0 spiro atoms. The van der Waals surface area contributed by atoms with Gasteiger partial charge in [0, 0.05) is 0 Å². The maximum absolute atomic E-state index is 12.8. The van der Waals surface area contributed by atoms with Crippen LogP contribution in [0.15, 0.2) is 4.99 Å². The van der Waals surface area contributed by atoms with E-state index in [1.54, 1.807) is 0 Å². The topological polar surface area (TPSA) is 89.0 Å². The first-order chi connectivity index (χ1) is 17.9. The van der Waals surface area contributed by atoms with Gasteiger partial charge in [0.05, 0.1) is 0 Å². The van der Waals surface area contributed by atoms with Gasteiger partial charge in [-0.3, -0.25) is 0 Å². The Hall–Kier alpha value is -0.991. The average Bonchev–Trinajstić information content (AvgIpc) is 2.84. The second-order valence-electron chi connectivity index (χ2n) is 14.0. The van der Waals surface area contributed by atoms with Gasteiger partial charge in [0.15, 0.2) is 0 Å². The normalized spacial score (nSPS) is 20.9. The number of guanidine groups is 1. The number of nitrogens with zero attached hydrogens (tertiary/aromatic N) is 1. The third-order valence-corrected chi connectivity index (χ3v) is 28.8. The molecule has 8 heteroatoms. The van der Waals surface area contributed by atoms with Gasteiger partial charge in [0.25, 0.3) is 0 Å². The summed E-state index contributed by atoms with van der Waals surface area (Å²) in [5.74, 6) is 0.192. The van der Waals surface area contributed by atoms with Gasteiger partial charge in [-0.1, -0.05) is 0 Å². The molecule has 0 aromatic heterocycles. The number of aliphatic imine (C=N–C) groups is 1. The number of hydrogen-bond donors (Lipinski definition) is 2. The second-order valence-corrected chi connectivity index (χ2v) is 28.3. The van der Waals surface area contributed by atoms with Crippen LogP contribution < -0.4 is 10.6 Å². The molecule has 0 saturated heterocycles. The minimum absolute atomic E-state index is 0.192. The third kappa shape index (κ3) is 9.58. The molecule has 218 valence electrons. The van der Waals surface area contributed by atoms with Crippen LogP contribution in [0.2, 0.25) is 11.8 Å². The fraction of sp³-hybridized carbons (Fsp3) is 0.900. The summed E-state index contributed by atoms with van der Waals surface area (Å²) in [4.78, 5) is 30.7. The van der Waals surface area contributed by atoms with Gasteiger partial charge in [0.2, 0.25) is 0 Å². The molecular formula is C30H55N3O4Sn. The Labute approximate surface area is 235 Å². The van der Waals surface area contributed by atoms with Crippen molar-refractivity contribution < 1.29 is 19.1 Å². The van der Waals surface area contributed by atoms with Crippen molar-refractivity contribution in [1.82, 2.24) is 10.6 Å². The van der Waals surface area contributed by atoms with Gasteiger partial charge in [0.1, 0.15) is 0 Å². The summed E-state index contributed by atoms with van der Waals surface area (Å²) in [6.45, 7) is 11.0. The number of nitrogens with one attached hydrogen (secondary N) is 2. The molecule has 0 aromatic rings. The predicted octanol–water partition coefficient (Wildman–Crippen LogP) is 8.38. The maximum atomic E-state index is 12.8. The monoisotopic (exact) mass is 641 g/mol. The quantitative estimate of drug-likeness (QED) is 0.180. The number of alkyl carbamates (subject to hydrolysis) is 2. The van der Waals surface area contributed by atoms with Crippen molar-refractivity contribution in [2.75, 3.05) is 4.56 Å². The first-order valence-corrected chi connectivity index (χ1v) is 22.4. The molecule has 3 saturated carbocycles. The van der Waals surface area contributed by atoms with E-state index in [0.717, 1.165) is 16.4 Å². The van der Waals surface area contributed by atoms with E-state index < -0.39 is 41.8 Å². The first-order valence-electron chi connectivity index (χ1n) is 15.4. The van der Waals surface area contributed by atoms with E-state index in [9.17, 15) is 9.59 Å². The van der Waals surface area contributed by atoms with Crippen LogP contribution in [0.25, 0.3) is 0 Å². The van der Waals surface area contributed by atoms with E-state index >= 15 is 0 Å². The molecule has 0 bridgehead atoms. The van der Waals surface area contributed by atoms with Gasteiger partial charge in [-0.05, 0) is 0 Å². The molecule has 3 fully saturated rings. The molecule has 0 unspecified atom stereocenters. The van der Waals surface area contributed by atoms with Crippen LogP contribution in [0.3, 0.4) is 0 Å². The number of ether oxygens (including phenoxy) is 2. The average molecular weight is 640 g/mol. The van der Waals surface area contributed by atoms with E-state index in [2.05, 4.69) is 10.6 Å². The van der Waals surface area contributed by atoms with Crippen molar-refractivity contribution in [1.29, 1.82) is 0 Å². The second kappa shape index (κ2) is 14.1. The summed E-state index contributed by atoms with van der Waals surface area (Å²) in [7, 11) is 0. The number of amides is 2. The van der Waals surface area contributed by atoms with Crippen molar-refractivity contribution in [2.45, 2.75) is 161 Å². The number of carbonyl (C=O) groups excluding carboxylic acids is 2. The van der Waals surface area contributed by atoms with E-state index in [-0.39, 0.29) is 5.96 Å². The summed E-state index contributed by atoms with van der Waals surface area (Å²) in [6.07, 6.45) is 19.2. The standard InChI is InChI=1S/C12H22N3O4.3C6H11.Sn/c1-11(2,3)18-9(16)14-8(13-7)15-10(17)19-12(4,5)6;3*1-2-4-6-5-3-1;/h7H2,1-6H3,(H2,13,14,15,16,17);3*1H,2-6H2;. The molecule has 2 N–H and O–H groups in total. The van der Waals surface area contributed by atoms with E-state index in [1.165, 1.54) is 96.3 Å². The van der Waals surface area contributed by atoms with Crippen molar-refractivity contribution in [2.24, 2.45) is 4.99 Å². The molecule has 2 amide bonds. The van der Waals surface area contributed by atoms with Crippen molar-refractivity contribution in [3.8, 4) is 0 Å². The molecule has 0 heterocycles. The fourth-order valence-electron chi connectivity index (χ4n) is 7.43. The van der Waals surface area contributed by atoms with Crippen LogP contribution in [0.5, 0.6) is 0 Å². The molecular weight excluding hydrogens is 585 g/mol. The van der Waals surface area contributed by atoms with E-state index in [1.807, 2.05) is 41.5 Å². The van der Waals surface area contributed by atoms with Gasteiger partial charge in [-0.25, -0.2) is 0 Å². The molecule has 3 aliphatic carbocycles. The number of hydrogen-bond acceptors (Lipinski definition) is 5. The Morgan fingerprint density at radius 3 is 1.24 bits per heavy atom. The molecule has 0 radical (unpaired) electrons. The van der Waals surface area contributed by atoms with Crippen molar-refractivity contribution in [3.63, 3.8) is 0 Å². The number of rotatable bonds is 5. The van der Waals surface area contributed by atoms with Gasteiger partial charge < -0.3 is 0 Å². The summed E-state index contributed by atoms with van der Waals surface area (Å²) in [5, 5.41) is 5.56. The summed E-state index contributed by atoms with van der Waals surface area (Å²) < 4.78 is 14.5. The van der Waals surface area contributed by atoms with Crippen LogP contribution in [0.1, 0.15) is 138 Å². The van der Waals surface area contributed by atoms with Crippen molar-refractivity contribution >= 4 is 36.5 Å². The zero-order valence-electron chi connectivity index (χ0n) is 25.1. The third-order valence-electron chi connectivity index (χ3n) is 8.85. The fourth-order valence-corrected chi connectivity index (χ4v) is 29.3. The van der Waals surface area contributed by atoms with Gasteiger partial charge in [-0.2, -0.15) is 0 Å². The molecule has 3 aliphatic rings. The summed E-state index contributed by atoms with van der Waals surface area (Å²) in [6, 6.07) is 0. The molecule has 0 aromatic carbocycles. The Kier molecular flexibility index (Phi) is 11.7. The minimum atomic E-state index is -2.96. The predicted molar refractivity (Wildman–Crippen MR) is 157 cm³/mol. The SMILES string of the molecule is CC(C)(C)OC(=O)NC(=N[CH2][Sn]([CH]1CCCCC1)([CH]1CCCCC1)[CH]1CCCCC1)NC(=O)OC(C)(C)C. The van der Waals surface area contributed by atoms with Gasteiger partial charge >= 0.3 is 237 Å². The Morgan fingerprint density at radius 1 is 0.632 bits per heavy atom. The zero-order chi connectivity index (χ0) is 27.8. The zero-order valence-corrected chi connectivity index (χ0v) is 28.0. The summed E-state index contributed by atoms with van der Waals surface area (Å²) in [5.41, 5.74) is -1.28. The van der Waals surface area contributed by atoms with Crippen molar-refractivity contribution in [3.05, 3.63) is 0 Å². The van der Waals surface area contributed by atoms with Crippen LogP contribution in [0.4, 0.5) is 9.59 Å². The molecule has 0 aliphatic heterocycles. The van der Waals surface area contributed by atoms with Crippen LogP contribution in [-0.2, 0) is 9.47 Å². The molecule has 7 nitrogen and oxygen atoms in total.